The molecule has 132 valence electrons. The Morgan fingerprint density at radius 1 is 1.24 bits per heavy atom. The van der Waals surface area contributed by atoms with E-state index in [1.807, 2.05) is 0 Å². The van der Waals surface area contributed by atoms with E-state index in [0.717, 1.165) is 29.5 Å². The van der Waals surface area contributed by atoms with Crippen LogP contribution < -0.4 is 5.32 Å². The van der Waals surface area contributed by atoms with Crippen LogP contribution in [0.2, 0.25) is 0 Å². The Morgan fingerprint density at radius 2 is 2.00 bits per heavy atom. The number of alkyl halides is 3. The van der Waals surface area contributed by atoms with Crippen molar-refractivity contribution in [3.8, 4) is 0 Å². The van der Waals surface area contributed by atoms with Crippen molar-refractivity contribution < 1.29 is 27.5 Å². The maximum atomic E-state index is 12.6. The highest BCUT2D eigenvalue weighted by Crippen LogP contribution is 2.29. The van der Waals surface area contributed by atoms with Crippen LogP contribution in [0.15, 0.2) is 42.5 Å². The van der Waals surface area contributed by atoms with Gasteiger partial charge < -0.3 is 10.1 Å². The van der Waals surface area contributed by atoms with Crippen molar-refractivity contribution in [1.29, 1.82) is 0 Å². The molecule has 25 heavy (non-hydrogen) atoms. The van der Waals surface area contributed by atoms with E-state index in [9.17, 15) is 22.8 Å². The first-order valence-electron chi connectivity index (χ1n) is 7.23. The summed E-state index contributed by atoms with van der Waals surface area (Å²) in [7, 11) is 0. The van der Waals surface area contributed by atoms with Crippen LogP contribution in [0.1, 0.15) is 27.7 Å². The largest absolute Gasteiger partial charge is 0.462 e. The van der Waals surface area contributed by atoms with Gasteiger partial charge in [0.2, 0.25) is 5.91 Å². The molecule has 0 aliphatic rings. The summed E-state index contributed by atoms with van der Waals surface area (Å²) < 4.78 is 42.8. The fourth-order valence-electron chi connectivity index (χ4n) is 1.87. The zero-order valence-corrected chi connectivity index (χ0v) is 13.9. The Morgan fingerprint density at radius 3 is 2.68 bits per heavy atom. The molecule has 0 atom stereocenters. The fourth-order valence-corrected chi connectivity index (χ4v) is 2.67. The molecule has 2 rings (SSSR count). The van der Waals surface area contributed by atoms with Gasteiger partial charge in [-0.1, -0.05) is 12.1 Å². The third-order valence-corrected chi connectivity index (χ3v) is 3.95. The number of hydrogen-bond donors (Lipinski definition) is 1. The van der Waals surface area contributed by atoms with E-state index in [1.165, 1.54) is 24.3 Å². The number of ether oxygens (including phenoxy) is 1. The maximum absolute atomic E-state index is 12.6. The molecule has 0 bridgehead atoms. The van der Waals surface area contributed by atoms with Crippen LogP contribution >= 0.6 is 11.3 Å². The van der Waals surface area contributed by atoms with Crippen molar-refractivity contribution >= 4 is 34.3 Å². The van der Waals surface area contributed by atoms with Crippen LogP contribution in [0.25, 0.3) is 6.08 Å². The van der Waals surface area contributed by atoms with Crippen LogP contribution in [0.5, 0.6) is 0 Å². The van der Waals surface area contributed by atoms with Gasteiger partial charge in [0.25, 0.3) is 0 Å². The monoisotopic (exact) mass is 369 g/mol. The molecule has 0 aliphatic heterocycles. The molecule has 0 fully saturated rings. The van der Waals surface area contributed by atoms with Gasteiger partial charge >= 0.3 is 12.1 Å². The molecule has 1 amide bonds. The number of anilines is 1. The first kappa shape index (κ1) is 18.7. The zero-order chi connectivity index (χ0) is 18.4. The van der Waals surface area contributed by atoms with Crippen molar-refractivity contribution in [3.63, 3.8) is 0 Å². The molecular weight excluding hydrogens is 355 g/mol. The van der Waals surface area contributed by atoms with Crippen LogP contribution in [0.4, 0.5) is 18.2 Å². The summed E-state index contributed by atoms with van der Waals surface area (Å²) in [4.78, 5) is 23.7. The number of esters is 1. The van der Waals surface area contributed by atoms with Gasteiger partial charge in [0.1, 0.15) is 4.88 Å². The number of nitrogens with one attached hydrogen (secondary N) is 1. The van der Waals surface area contributed by atoms with E-state index in [4.69, 9.17) is 4.74 Å². The molecule has 1 aromatic carbocycles. The van der Waals surface area contributed by atoms with E-state index >= 15 is 0 Å². The predicted octanol–water partition coefficient (Wildman–Crippen LogP) is 4.60. The number of carbonyl (C=O) groups excluding carboxylic acids is 2. The highest BCUT2D eigenvalue weighted by atomic mass is 32.1. The Labute approximate surface area is 145 Å². The fraction of sp³-hybridized carbons (Fsp3) is 0.176. The minimum absolute atomic E-state index is 0.248. The average molecular weight is 369 g/mol. The molecule has 8 heteroatoms. The number of halogens is 3. The second kappa shape index (κ2) is 7.98. The molecule has 1 aromatic heterocycles. The predicted molar refractivity (Wildman–Crippen MR) is 89.4 cm³/mol. The number of amides is 1. The Bertz CT molecular complexity index is 796. The third-order valence-electron chi connectivity index (χ3n) is 2.97. The molecule has 0 saturated carbocycles. The molecule has 0 spiro atoms. The van der Waals surface area contributed by atoms with Gasteiger partial charge in [0, 0.05) is 6.08 Å². The van der Waals surface area contributed by atoms with Crippen LogP contribution in [0, 0.1) is 0 Å². The molecule has 4 nitrogen and oxygen atoms in total. The highest BCUT2D eigenvalue weighted by molar-refractivity contribution is 7.18. The summed E-state index contributed by atoms with van der Waals surface area (Å²) in [6.07, 6.45) is -2.03. The third kappa shape index (κ3) is 5.46. The maximum Gasteiger partial charge on any atom is 0.416 e. The Balaban J connectivity index is 2.01. The van der Waals surface area contributed by atoms with Gasteiger partial charge in [0.15, 0.2) is 0 Å². The average Bonchev–Trinajstić information content (AvgIpc) is 3.01. The number of carbonyl (C=O) groups is 2. The van der Waals surface area contributed by atoms with E-state index in [0.29, 0.717) is 9.88 Å². The zero-order valence-electron chi connectivity index (χ0n) is 13.1. The lowest BCUT2D eigenvalue weighted by Gasteiger charge is -2.06. The second-order valence-electron chi connectivity index (χ2n) is 4.83. The van der Waals surface area contributed by atoms with Crippen molar-refractivity contribution in [2.45, 2.75) is 13.1 Å². The molecule has 0 radical (unpaired) electrons. The molecule has 2 aromatic rings. The van der Waals surface area contributed by atoms with Gasteiger partial charge in [-0.15, -0.1) is 11.3 Å². The topological polar surface area (TPSA) is 55.4 Å². The summed E-state index contributed by atoms with van der Waals surface area (Å²) in [5, 5.41) is 2.97. The molecular formula is C17H14F3NO3S. The Hall–Kier alpha value is -2.61. The molecule has 0 aliphatic carbocycles. The van der Waals surface area contributed by atoms with Gasteiger partial charge in [-0.05, 0) is 42.8 Å². The molecule has 0 unspecified atom stereocenters. The Kier molecular flexibility index (Phi) is 5.97. The number of hydrogen-bond acceptors (Lipinski definition) is 4. The lowest BCUT2D eigenvalue weighted by atomic mass is 10.1. The van der Waals surface area contributed by atoms with Crippen LogP contribution in [-0.4, -0.2) is 18.5 Å². The number of rotatable bonds is 5. The SMILES string of the molecule is CCOC(=O)c1ccc(NC(=O)/C=C/c2cccc(C(F)(F)F)c2)s1. The van der Waals surface area contributed by atoms with E-state index < -0.39 is 23.6 Å². The quantitative estimate of drug-likeness (QED) is 0.619. The smallest absolute Gasteiger partial charge is 0.416 e. The van der Waals surface area contributed by atoms with Crippen LogP contribution in [-0.2, 0) is 15.7 Å². The van der Waals surface area contributed by atoms with Gasteiger partial charge in [-0.25, -0.2) is 4.79 Å². The van der Waals surface area contributed by atoms with Crippen molar-refractivity contribution in [3.05, 3.63) is 58.5 Å². The second-order valence-corrected chi connectivity index (χ2v) is 5.91. The minimum atomic E-state index is -4.44. The normalized spacial score (nSPS) is 11.5. The van der Waals surface area contributed by atoms with Crippen LogP contribution in [0.3, 0.4) is 0 Å². The standard InChI is InChI=1S/C17H14F3NO3S/c1-2-24-16(23)13-7-9-15(25-13)21-14(22)8-6-11-4-3-5-12(10-11)17(18,19)20/h3-10H,2H2,1H3,(H,21,22)/b8-6+. The van der Waals surface area contributed by atoms with Crippen molar-refractivity contribution in [2.24, 2.45) is 0 Å². The van der Waals surface area contributed by atoms with Crippen molar-refractivity contribution in [2.75, 3.05) is 11.9 Å². The summed E-state index contributed by atoms with van der Waals surface area (Å²) in [5.41, 5.74) is -0.532. The summed E-state index contributed by atoms with van der Waals surface area (Å²) >= 11 is 1.05. The molecule has 1 N–H and O–H groups in total. The first-order valence-corrected chi connectivity index (χ1v) is 8.04. The minimum Gasteiger partial charge on any atom is -0.462 e. The summed E-state index contributed by atoms with van der Waals surface area (Å²) in [6, 6.07) is 7.71. The van der Waals surface area contributed by atoms with Gasteiger partial charge in [0.05, 0.1) is 17.2 Å². The first-order chi connectivity index (χ1) is 11.8. The lowest BCUT2D eigenvalue weighted by molar-refractivity contribution is -0.137. The number of benzene rings is 1. The lowest BCUT2D eigenvalue weighted by Crippen LogP contribution is -2.06. The highest BCUT2D eigenvalue weighted by Gasteiger charge is 2.30. The van der Waals surface area contributed by atoms with E-state index in [1.54, 1.807) is 13.0 Å². The van der Waals surface area contributed by atoms with Gasteiger partial charge in [-0.2, -0.15) is 13.2 Å². The number of thiophene rings is 1. The summed E-state index contributed by atoms with van der Waals surface area (Å²) in [6.45, 7) is 1.94. The molecule has 0 saturated heterocycles. The van der Waals surface area contributed by atoms with E-state index in [-0.39, 0.29) is 12.2 Å². The molecule has 1 heterocycles. The van der Waals surface area contributed by atoms with Crippen molar-refractivity contribution in [1.82, 2.24) is 0 Å². The van der Waals surface area contributed by atoms with Gasteiger partial charge in [-0.3, -0.25) is 4.79 Å². The summed E-state index contributed by atoms with van der Waals surface area (Å²) in [5.74, 6) is -0.998. The van der Waals surface area contributed by atoms with E-state index in [2.05, 4.69) is 5.32 Å².